The van der Waals surface area contributed by atoms with Gasteiger partial charge in [-0.2, -0.15) is 0 Å². The van der Waals surface area contributed by atoms with Gasteiger partial charge >= 0.3 is 0 Å². The highest BCUT2D eigenvalue weighted by atomic mass is 32.1. The van der Waals surface area contributed by atoms with Gasteiger partial charge in [-0.3, -0.25) is 15.6 Å². The second kappa shape index (κ2) is 8.43. The lowest BCUT2D eigenvalue weighted by Crippen LogP contribution is -2.43. The number of morpholine rings is 1. The van der Waals surface area contributed by atoms with Crippen molar-refractivity contribution in [2.24, 2.45) is 0 Å². The topological polar surface area (TPSA) is 78.5 Å². The van der Waals surface area contributed by atoms with Crippen LogP contribution in [0.1, 0.15) is 20.9 Å². The minimum Gasteiger partial charge on any atom is -0.378 e. The maximum Gasteiger partial charge on any atom is 0.281 e. The summed E-state index contributed by atoms with van der Waals surface area (Å²) in [7, 11) is 0. The quantitative estimate of drug-likeness (QED) is 0.547. The van der Waals surface area contributed by atoms with E-state index in [1.165, 1.54) is 11.3 Å². The summed E-state index contributed by atoms with van der Waals surface area (Å²) in [5.41, 5.74) is 8.03. The Morgan fingerprint density at radius 2 is 1.96 bits per heavy atom. The summed E-state index contributed by atoms with van der Waals surface area (Å²) in [6.07, 6.45) is 0. The molecule has 2 heterocycles. The highest BCUT2D eigenvalue weighted by Gasteiger charge is 2.20. The van der Waals surface area contributed by atoms with Crippen molar-refractivity contribution >= 4 is 45.4 Å². The number of hydrazine groups is 1. The van der Waals surface area contributed by atoms with Crippen LogP contribution in [0.25, 0.3) is 0 Å². The first-order valence-corrected chi connectivity index (χ1v) is 9.50. The number of benzene rings is 1. The third-order valence-corrected chi connectivity index (χ3v) is 5.38. The number of ether oxygens (including phenoxy) is 1. The number of hydrogen-bond acceptors (Lipinski definition) is 6. The Hall–Kier alpha value is -2.23. The number of carbonyl (C=O) groups excluding carboxylic acids is 1. The zero-order valence-corrected chi connectivity index (χ0v) is 16.3. The van der Waals surface area contributed by atoms with Crippen LogP contribution in [-0.4, -0.2) is 42.3 Å². The first kappa shape index (κ1) is 18.6. The van der Waals surface area contributed by atoms with Crippen molar-refractivity contribution in [3.63, 3.8) is 0 Å². The molecule has 1 aromatic carbocycles. The molecule has 1 fully saturated rings. The molecular weight excluding hydrogens is 370 g/mol. The lowest BCUT2D eigenvalue weighted by molar-refractivity contribution is 0.0947. The lowest BCUT2D eigenvalue weighted by Gasteiger charge is -2.25. The van der Waals surface area contributed by atoms with Crippen molar-refractivity contribution in [3.8, 4) is 0 Å². The number of anilines is 2. The fraction of sp³-hybridized carbons (Fsp3) is 0.353. The Kier molecular flexibility index (Phi) is 6.02. The molecule has 9 heteroatoms. The van der Waals surface area contributed by atoms with Gasteiger partial charge in [-0.15, -0.1) is 0 Å². The number of para-hydroxylation sites is 1. The number of nitrogens with zero attached hydrogens (tertiary/aromatic N) is 2. The fourth-order valence-corrected chi connectivity index (χ4v) is 3.69. The van der Waals surface area contributed by atoms with Gasteiger partial charge in [-0.25, -0.2) is 4.98 Å². The van der Waals surface area contributed by atoms with Crippen LogP contribution in [0.15, 0.2) is 24.3 Å². The van der Waals surface area contributed by atoms with Crippen LogP contribution in [0.5, 0.6) is 0 Å². The molecule has 1 aromatic heterocycles. The molecule has 0 aliphatic carbocycles. The average molecular weight is 392 g/mol. The van der Waals surface area contributed by atoms with Gasteiger partial charge < -0.3 is 15.0 Å². The van der Waals surface area contributed by atoms with Crippen LogP contribution in [0.3, 0.4) is 0 Å². The Morgan fingerprint density at radius 3 is 2.69 bits per heavy atom. The normalized spacial score (nSPS) is 14.0. The molecule has 0 unspecified atom stereocenters. The number of carbonyl (C=O) groups is 1. The number of hydrogen-bond donors (Lipinski definition) is 3. The summed E-state index contributed by atoms with van der Waals surface area (Å²) >= 11 is 6.61. The second-order valence-corrected chi connectivity index (χ2v) is 7.24. The molecule has 0 atom stereocenters. The summed E-state index contributed by atoms with van der Waals surface area (Å²) in [5, 5.41) is 4.23. The molecule has 1 amide bonds. The molecule has 0 spiro atoms. The summed E-state index contributed by atoms with van der Waals surface area (Å²) in [5.74, 6) is -0.256. The second-order valence-electron chi connectivity index (χ2n) is 5.86. The summed E-state index contributed by atoms with van der Waals surface area (Å²) in [6, 6.07) is 7.78. The Bertz CT molecular complexity index is 802. The minimum atomic E-state index is -0.256. The smallest absolute Gasteiger partial charge is 0.281 e. The zero-order valence-electron chi connectivity index (χ0n) is 14.7. The zero-order chi connectivity index (χ0) is 18.5. The predicted octanol–water partition coefficient (Wildman–Crippen LogP) is 2.23. The molecule has 0 saturated carbocycles. The third kappa shape index (κ3) is 4.48. The van der Waals surface area contributed by atoms with E-state index in [9.17, 15) is 4.79 Å². The molecule has 0 bridgehead atoms. The van der Waals surface area contributed by atoms with Gasteiger partial charge in [0.2, 0.25) is 0 Å². The molecule has 7 nitrogen and oxygen atoms in total. The van der Waals surface area contributed by atoms with Gasteiger partial charge in [0, 0.05) is 18.8 Å². The van der Waals surface area contributed by atoms with Gasteiger partial charge in [0.1, 0.15) is 4.88 Å². The highest BCUT2D eigenvalue weighted by molar-refractivity contribution is 7.80. The molecular formula is C17H21N5O2S2. The van der Waals surface area contributed by atoms with Crippen molar-refractivity contribution < 1.29 is 9.53 Å². The fourth-order valence-electron chi connectivity index (χ4n) is 2.52. The van der Waals surface area contributed by atoms with E-state index in [-0.39, 0.29) is 5.91 Å². The molecule has 138 valence electrons. The first-order valence-electron chi connectivity index (χ1n) is 8.27. The van der Waals surface area contributed by atoms with Crippen molar-refractivity contribution in [1.82, 2.24) is 15.8 Å². The molecule has 0 radical (unpaired) electrons. The van der Waals surface area contributed by atoms with E-state index in [1.807, 2.05) is 38.1 Å². The number of aromatic nitrogens is 1. The van der Waals surface area contributed by atoms with Crippen molar-refractivity contribution in [2.45, 2.75) is 13.8 Å². The van der Waals surface area contributed by atoms with Crippen LogP contribution in [0, 0.1) is 13.8 Å². The summed E-state index contributed by atoms with van der Waals surface area (Å²) in [6.45, 7) is 6.76. The number of aryl methyl sites for hydroxylation is 2. The van der Waals surface area contributed by atoms with Crippen LogP contribution in [0.2, 0.25) is 0 Å². The maximum absolute atomic E-state index is 12.5. The van der Waals surface area contributed by atoms with Gasteiger partial charge in [-0.05, 0) is 37.7 Å². The lowest BCUT2D eigenvalue weighted by atomic mass is 10.2. The van der Waals surface area contributed by atoms with E-state index >= 15 is 0 Å². The van der Waals surface area contributed by atoms with Gasteiger partial charge in [0.25, 0.3) is 5.91 Å². The Morgan fingerprint density at radius 1 is 1.23 bits per heavy atom. The Balaban J connectivity index is 1.57. The first-order chi connectivity index (χ1) is 12.5. The highest BCUT2D eigenvalue weighted by Crippen LogP contribution is 2.26. The predicted molar refractivity (Wildman–Crippen MR) is 108 cm³/mol. The Labute approximate surface area is 161 Å². The van der Waals surface area contributed by atoms with Crippen molar-refractivity contribution in [3.05, 3.63) is 40.4 Å². The average Bonchev–Trinajstić information content (AvgIpc) is 3.04. The van der Waals surface area contributed by atoms with E-state index in [1.54, 1.807) is 0 Å². The van der Waals surface area contributed by atoms with Crippen molar-refractivity contribution in [2.75, 3.05) is 36.5 Å². The molecule has 1 aliphatic heterocycles. The molecule has 26 heavy (non-hydrogen) atoms. The van der Waals surface area contributed by atoms with E-state index in [0.29, 0.717) is 28.9 Å². The largest absolute Gasteiger partial charge is 0.378 e. The van der Waals surface area contributed by atoms with Gasteiger partial charge in [0.05, 0.1) is 18.9 Å². The third-order valence-electron chi connectivity index (χ3n) is 3.96. The van der Waals surface area contributed by atoms with E-state index in [4.69, 9.17) is 17.0 Å². The summed E-state index contributed by atoms with van der Waals surface area (Å²) < 4.78 is 5.35. The standard InChI is InChI=1S/C17H21N5O2S2/c1-11-5-3-4-6-13(11)19-16(25)21-20-15(23)14-12(2)18-17(26-14)22-7-9-24-10-8-22/h3-6H,7-10H2,1-2H3,(H,20,23)(H2,19,21,25). The number of thiocarbonyl (C=S) groups is 1. The monoisotopic (exact) mass is 391 g/mol. The maximum atomic E-state index is 12.5. The van der Waals surface area contributed by atoms with Crippen LogP contribution < -0.4 is 21.1 Å². The number of thiazole rings is 1. The van der Waals surface area contributed by atoms with E-state index in [0.717, 1.165) is 29.5 Å². The molecule has 3 rings (SSSR count). The van der Waals surface area contributed by atoms with E-state index < -0.39 is 0 Å². The molecule has 2 aromatic rings. The minimum absolute atomic E-state index is 0.256. The van der Waals surface area contributed by atoms with Gasteiger partial charge in [0.15, 0.2) is 10.2 Å². The molecule has 1 saturated heterocycles. The van der Waals surface area contributed by atoms with Crippen LogP contribution in [-0.2, 0) is 4.74 Å². The van der Waals surface area contributed by atoms with E-state index in [2.05, 4.69) is 26.1 Å². The van der Waals surface area contributed by atoms with Crippen LogP contribution in [0.4, 0.5) is 10.8 Å². The van der Waals surface area contributed by atoms with Crippen molar-refractivity contribution in [1.29, 1.82) is 0 Å². The summed E-state index contributed by atoms with van der Waals surface area (Å²) in [4.78, 5) is 19.7. The number of nitrogens with one attached hydrogen (secondary N) is 3. The molecule has 1 aliphatic rings. The van der Waals surface area contributed by atoms with Crippen LogP contribution >= 0.6 is 23.6 Å². The molecule has 3 N–H and O–H groups in total. The SMILES string of the molecule is Cc1ccccc1NC(=S)NNC(=O)c1sc(N2CCOCC2)nc1C. The number of amides is 1. The van der Waals surface area contributed by atoms with Gasteiger partial charge in [-0.1, -0.05) is 29.5 Å². The number of rotatable bonds is 3.